The molecule has 5 nitrogen and oxygen atoms in total. The van der Waals surface area contributed by atoms with E-state index in [2.05, 4.69) is 0 Å². The highest BCUT2D eigenvalue weighted by Gasteiger charge is 2.77. The molecule has 0 unspecified atom stereocenters. The molecule has 5 rings (SSSR count). The number of carbonyl (C=O) groups excluding carboxylic acids is 1. The first-order valence-electron chi connectivity index (χ1n) is 8.15. The van der Waals surface area contributed by atoms with Gasteiger partial charge in [-0.3, -0.25) is 9.69 Å². The van der Waals surface area contributed by atoms with E-state index in [1.54, 1.807) is 23.1 Å². The van der Waals surface area contributed by atoms with Crippen LogP contribution >= 0.6 is 23.2 Å². The Morgan fingerprint density at radius 3 is 2.71 bits per heavy atom. The van der Waals surface area contributed by atoms with Gasteiger partial charge in [-0.1, -0.05) is 23.2 Å². The Kier molecular flexibility index (Phi) is 2.99. The minimum absolute atomic E-state index is 0.0788. The van der Waals surface area contributed by atoms with Crippen LogP contribution in [0.25, 0.3) is 0 Å². The number of nitrogens with zero attached hydrogens (tertiary/aromatic N) is 1. The van der Waals surface area contributed by atoms with Crippen LogP contribution in [0.4, 0.5) is 5.69 Å². The van der Waals surface area contributed by atoms with E-state index in [1.165, 1.54) is 0 Å². The molecule has 0 aliphatic carbocycles. The minimum Gasteiger partial charge on any atom is -0.390 e. The largest absolute Gasteiger partial charge is 0.390 e. The fourth-order valence-corrected chi connectivity index (χ4v) is 5.79. The number of ether oxygens (including phenoxy) is 2. The number of anilines is 1. The summed E-state index contributed by atoms with van der Waals surface area (Å²) in [5.74, 6) is -0.581. The van der Waals surface area contributed by atoms with Crippen molar-refractivity contribution in [1.82, 2.24) is 0 Å². The van der Waals surface area contributed by atoms with E-state index in [1.807, 2.05) is 6.92 Å². The number of aliphatic hydroxyl groups is 1. The average Bonchev–Trinajstić information content (AvgIpc) is 3.03. The molecule has 128 valence electrons. The molecule has 6 atom stereocenters. The Balaban J connectivity index is 1.65. The van der Waals surface area contributed by atoms with Gasteiger partial charge in [-0.15, -0.1) is 0 Å². The zero-order valence-corrected chi connectivity index (χ0v) is 14.5. The van der Waals surface area contributed by atoms with Crippen molar-refractivity contribution in [3.8, 4) is 0 Å². The molecule has 1 amide bonds. The lowest BCUT2D eigenvalue weighted by molar-refractivity contribution is -0.142. The second-order valence-corrected chi connectivity index (χ2v) is 8.29. The van der Waals surface area contributed by atoms with Gasteiger partial charge in [0, 0.05) is 34.5 Å². The smallest absolute Gasteiger partial charge is 0.235 e. The summed E-state index contributed by atoms with van der Waals surface area (Å²) >= 11 is 12.2. The van der Waals surface area contributed by atoms with Crippen molar-refractivity contribution in [2.24, 2.45) is 11.8 Å². The molecule has 0 saturated carbocycles. The van der Waals surface area contributed by atoms with Crippen molar-refractivity contribution < 1.29 is 19.4 Å². The maximum Gasteiger partial charge on any atom is 0.235 e. The van der Waals surface area contributed by atoms with Crippen LogP contribution in [0.15, 0.2) is 18.2 Å². The van der Waals surface area contributed by atoms with Gasteiger partial charge in [-0.05, 0) is 25.1 Å². The molecule has 4 fully saturated rings. The summed E-state index contributed by atoms with van der Waals surface area (Å²) in [6.45, 7) is 2.34. The van der Waals surface area contributed by atoms with E-state index in [9.17, 15) is 9.90 Å². The third-order valence-corrected chi connectivity index (χ3v) is 6.65. The van der Waals surface area contributed by atoms with Crippen LogP contribution in [0.2, 0.25) is 10.0 Å². The highest BCUT2D eigenvalue weighted by molar-refractivity contribution is 6.35. The second kappa shape index (κ2) is 4.65. The zero-order valence-electron chi connectivity index (χ0n) is 13.0. The molecule has 0 aromatic heterocycles. The number of benzene rings is 1. The van der Waals surface area contributed by atoms with Crippen molar-refractivity contribution in [2.45, 2.75) is 43.3 Å². The number of halogens is 2. The topological polar surface area (TPSA) is 59.0 Å². The van der Waals surface area contributed by atoms with Gasteiger partial charge < -0.3 is 14.6 Å². The molecule has 1 aromatic carbocycles. The highest BCUT2D eigenvalue weighted by atomic mass is 35.5. The third-order valence-electron chi connectivity index (χ3n) is 6.21. The SMILES string of the molecule is C[C@]12O[C@@]3(CCO[C@H]4[C@@H]3[C@@H]1C(=O)N4c1cc(Cl)cc(Cl)c1)C[C@H]2O. The molecule has 7 heteroatoms. The summed E-state index contributed by atoms with van der Waals surface area (Å²) in [5.41, 5.74) is -0.703. The quantitative estimate of drug-likeness (QED) is 0.826. The Morgan fingerprint density at radius 2 is 2.00 bits per heavy atom. The van der Waals surface area contributed by atoms with Gasteiger partial charge in [-0.25, -0.2) is 0 Å². The number of amides is 1. The fourth-order valence-electron chi connectivity index (χ4n) is 5.27. The molecule has 0 radical (unpaired) electrons. The molecule has 4 saturated heterocycles. The first kappa shape index (κ1) is 15.4. The van der Waals surface area contributed by atoms with Crippen molar-refractivity contribution in [3.05, 3.63) is 28.2 Å². The molecule has 1 spiro atoms. The summed E-state index contributed by atoms with van der Waals surface area (Å²) in [4.78, 5) is 14.9. The maximum atomic E-state index is 13.3. The number of carbonyl (C=O) groups is 1. The number of rotatable bonds is 1. The molecule has 4 aliphatic rings. The Hall–Kier alpha value is -0.850. The van der Waals surface area contributed by atoms with E-state index < -0.39 is 29.5 Å². The Morgan fingerprint density at radius 1 is 1.29 bits per heavy atom. The predicted octanol–water partition coefficient (Wildman–Crippen LogP) is 2.61. The van der Waals surface area contributed by atoms with E-state index in [0.717, 1.165) is 0 Å². The molecule has 1 N–H and O–H groups in total. The summed E-state index contributed by atoms with van der Waals surface area (Å²) in [6, 6.07) is 5.08. The molecule has 2 bridgehead atoms. The molecule has 4 heterocycles. The normalized spacial score (nSPS) is 45.8. The van der Waals surface area contributed by atoms with Gasteiger partial charge >= 0.3 is 0 Å². The van der Waals surface area contributed by atoms with Gasteiger partial charge in [0.05, 0.1) is 24.2 Å². The molecule has 4 aliphatic heterocycles. The number of aliphatic hydroxyl groups excluding tert-OH is 1. The monoisotopic (exact) mass is 369 g/mol. The highest BCUT2D eigenvalue weighted by Crippen LogP contribution is 2.65. The van der Waals surface area contributed by atoms with Crippen LogP contribution < -0.4 is 4.90 Å². The van der Waals surface area contributed by atoms with E-state index >= 15 is 0 Å². The first-order chi connectivity index (χ1) is 11.4. The van der Waals surface area contributed by atoms with Crippen LogP contribution in [0.3, 0.4) is 0 Å². The number of hydrogen-bond acceptors (Lipinski definition) is 4. The van der Waals surface area contributed by atoms with Crippen LogP contribution in [-0.4, -0.2) is 41.2 Å². The summed E-state index contributed by atoms with van der Waals surface area (Å²) in [7, 11) is 0. The Bertz CT molecular complexity index is 738. The molecular weight excluding hydrogens is 353 g/mol. The summed E-state index contributed by atoms with van der Waals surface area (Å²) in [6.07, 6.45) is 0.223. The van der Waals surface area contributed by atoms with Gasteiger partial charge in [0.1, 0.15) is 11.8 Å². The van der Waals surface area contributed by atoms with Crippen molar-refractivity contribution in [2.75, 3.05) is 11.5 Å². The predicted molar refractivity (Wildman–Crippen MR) is 88.1 cm³/mol. The number of fused-ring (bicyclic) bond motifs is 2. The zero-order chi connectivity index (χ0) is 16.9. The molecule has 24 heavy (non-hydrogen) atoms. The maximum absolute atomic E-state index is 13.3. The van der Waals surface area contributed by atoms with Crippen molar-refractivity contribution in [3.63, 3.8) is 0 Å². The van der Waals surface area contributed by atoms with Crippen molar-refractivity contribution in [1.29, 1.82) is 0 Å². The van der Waals surface area contributed by atoms with Crippen LogP contribution in [-0.2, 0) is 14.3 Å². The van der Waals surface area contributed by atoms with Gasteiger partial charge in [-0.2, -0.15) is 0 Å². The van der Waals surface area contributed by atoms with Crippen LogP contribution in [0, 0.1) is 11.8 Å². The fraction of sp³-hybridized carbons (Fsp3) is 0.588. The summed E-state index contributed by atoms with van der Waals surface area (Å²) < 4.78 is 12.3. The second-order valence-electron chi connectivity index (χ2n) is 7.42. The van der Waals surface area contributed by atoms with E-state index in [4.69, 9.17) is 32.7 Å². The standard InChI is InChI=1S/C17H17Cl2NO4/c1-16-11(21)7-17(24-16)2-3-23-15-13(17)12(16)14(22)20(15)10-5-8(18)4-9(19)6-10/h4-6,11-13,15,21H,2-3,7H2,1H3/t11-,12-,13+,15+,16-,17+/m1/s1. The summed E-state index contributed by atoms with van der Waals surface area (Å²) in [5, 5.41) is 11.5. The van der Waals surface area contributed by atoms with Gasteiger partial charge in [0.15, 0.2) is 0 Å². The lowest BCUT2D eigenvalue weighted by Gasteiger charge is -2.42. The van der Waals surface area contributed by atoms with Crippen LogP contribution in [0.5, 0.6) is 0 Å². The first-order valence-corrected chi connectivity index (χ1v) is 8.90. The minimum atomic E-state index is -0.856. The molecular formula is C17H17Cl2NO4. The third kappa shape index (κ3) is 1.70. The lowest BCUT2D eigenvalue weighted by atomic mass is 9.65. The lowest BCUT2D eigenvalue weighted by Crippen LogP contribution is -2.53. The van der Waals surface area contributed by atoms with Crippen molar-refractivity contribution >= 4 is 34.8 Å². The van der Waals surface area contributed by atoms with Crippen LogP contribution in [0.1, 0.15) is 19.8 Å². The van der Waals surface area contributed by atoms with E-state index in [-0.39, 0.29) is 11.8 Å². The van der Waals surface area contributed by atoms with Gasteiger partial charge in [0.25, 0.3) is 0 Å². The van der Waals surface area contributed by atoms with Gasteiger partial charge in [0.2, 0.25) is 5.91 Å². The average molecular weight is 370 g/mol. The molecule has 1 aromatic rings. The number of hydrogen-bond donors (Lipinski definition) is 1. The Labute approximate surface area is 149 Å². The van der Waals surface area contributed by atoms with E-state index in [0.29, 0.717) is 35.2 Å².